The minimum absolute atomic E-state index is 0.236. The van der Waals surface area contributed by atoms with Gasteiger partial charge >= 0.3 is 6.09 Å². The van der Waals surface area contributed by atoms with Crippen molar-refractivity contribution in [2.75, 3.05) is 18.1 Å². The third-order valence-electron chi connectivity index (χ3n) is 2.12. The lowest BCUT2D eigenvalue weighted by Gasteiger charge is -2.27. The van der Waals surface area contributed by atoms with Gasteiger partial charge in [0.15, 0.2) is 0 Å². The predicted octanol–water partition coefficient (Wildman–Crippen LogP) is 2.64. The van der Waals surface area contributed by atoms with E-state index in [1.165, 1.54) is 0 Å². The van der Waals surface area contributed by atoms with Gasteiger partial charge in [0.25, 0.3) is 0 Å². The number of cyclic esters (lactones) is 1. The molecule has 0 aromatic heterocycles. The van der Waals surface area contributed by atoms with Gasteiger partial charge in [0.05, 0.1) is 12.3 Å². The van der Waals surface area contributed by atoms with E-state index in [0.29, 0.717) is 6.61 Å². The van der Waals surface area contributed by atoms with E-state index in [-0.39, 0.29) is 6.09 Å². The van der Waals surface area contributed by atoms with Crippen LogP contribution in [0.25, 0.3) is 0 Å². The van der Waals surface area contributed by atoms with Crippen LogP contribution in [0.1, 0.15) is 6.42 Å². The average Bonchev–Trinajstić information content (AvgIpc) is 2.20. The highest BCUT2D eigenvalue weighted by Gasteiger charge is 2.22. The maximum absolute atomic E-state index is 11.4. The summed E-state index contributed by atoms with van der Waals surface area (Å²) in [7, 11) is 0. The van der Waals surface area contributed by atoms with E-state index >= 15 is 0 Å². The summed E-state index contributed by atoms with van der Waals surface area (Å²) in [5, 5.41) is 0. The van der Waals surface area contributed by atoms with Crippen molar-refractivity contribution in [1.29, 1.82) is 0 Å². The Balaban J connectivity index is 2.29. The van der Waals surface area contributed by atoms with Gasteiger partial charge in [0, 0.05) is 10.1 Å². The molecule has 2 rings (SSSR count). The summed E-state index contributed by atoms with van der Waals surface area (Å²) in [6, 6.07) is 7.81. The Bertz CT molecular complexity index is 354. The van der Waals surface area contributed by atoms with Crippen LogP contribution in [0.2, 0.25) is 0 Å². The maximum Gasteiger partial charge on any atom is 0.414 e. The molecule has 0 saturated carbocycles. The van der Waals surface area contributed by atoms with E-state index in [1.54, 1.807) is 4.90 Å². The molecular weight excluding hydrogens is 293 g/mol. The number of rotatable bonds is 1. The lowest BCUT2D eigenvalue weighted by atomic mass is 10.2. The summed E-state index contributed by atoms with van der Waals surface area (Å²) in [5.74, 6) is 0. The quantitative estimate of drug-likeness (QED) is 0.747. The topological polar surface area (TPSA) is 29.5 Å². The van der Waals surface area contributed by atoms with E-state index in [1.807, 2.05) is 24.3 Å². The molecule has 1 aliphatic rings. The molecule has 4 heteroatoms. The van der Waals surface area contributed by atoms with Crippen LogP contribution in [0.5, 0.6) is 0 Å². The Morgan fingerprint density at radius 2 is 2.14 bits per heavy atom. The molecule has 0 radical (unpaired) electrons. The van der Waals surface area contributed by atoms with Crippen LogP contribution < -0.4 is 4.90 Å². The summed E-state index contributed by atoms with van der Waals surface area (Å²) in [4.78, 5) is 13.1. The molecule has 1 saturated heterocycles. The number of hydrogen-bond donors (Lipinski definition) is 0. The minimum Gasteiger partial charge on any atom is -0.449 e. The third-order valence-corrected chi connectivity index (χ3v) is 3.03. The molecule has 74 valence electrons. The Morgan fingerprint density at radius 3 is 2.86 bits per heavy atom. The molecule has 1 fully saturated rings. The summed E-state index contributed by atoms with van der Waals surface area (Å²) in [6.45, 7) is 1.29. The fraction of sp³-hybridized carbons (Fsp3) is 0.300. The van der Waals surface area contributed by atoms with Crippen LogP contribution in [0.4, 0.5) is 10.5 Å². The van der Waals surface area contributed by atoms with Crippen LogP contribution in [-0.4, -0.2) is 19.2 Å². The molecule has 0 N–H and O–H groups in total. The second-order valence-electron chi connectivity index (χ2n) is 3.07. The molecule has 0 spiro atoms. The molecule has 1 aliphatic heterocycles. The van der Waals surface area contributed by atoms with Gasteiger partial charge in [-0.3, -0.25) is 4.90 Å². The second-order valence-corrected chi connectivity index (χ2v) is 4.23. The van der Waals surface area contributed by atoms with Crippen LogP contribution in [0.3, 0.4) is 0 Å². The van der Waals surface area contributed by atoms with Gasteiger partial charge in [0.1, 0.15) is 0 Å². The molecule has 1 aromatic rings. The fourth-order valence-electron chi connectivity index (χ4n) is 1.44. The first-order valence-corrected chi connectivity index (χ1v) is 5.56. The number of carbonyl (C=O) groups excluding carboxylic acids is 1. The number of para-hydroxylation sites is 1. The Morgan fingerprint density at radius 1 is 1.36 bits per heavy atom. The van der Waals surface area contributed by atoms with Crippen molar-refractivity contribution in [1.82, 2.24) is 0 Å². The number of hydrogen-bond acceptors (Lipinski definition) is 2. The zero-order valence-electron chi connectivity index (χ0n) is 7.57. The van der Waals surface area contributed by atoms with Gasteiger partial charge < -0.3 is 4.74 Å². The van der Waals surface area contributed by atoms with Gasteiger partial charge in [-0.15, -0.1) is 0 Å². The zero-order valence-corrected chi connectivity index (χ0v) is 9.73. The van der Waals surface area contributed by atoms with Crippen molar-refractivity contribution in [2.45, 2.75) is 6.42 Å². The van der Waals surface area contributed by atoms with Crippen molar-refractivity contribution in [3.05, 3.63) is 27.8 Å². The van der Waals surface area contributed by atoms with E-state index < -0.39 is 0 Å². The maximum atomic E-state index is 11.4. The van der Waals surface area contributed by atoms with Crippen molar-refractivity contribution >= 4 is 34.4 Å². The number of nitrogens with zero attached hydrogens (tertiary/aromatic N) is 1. The van der Waals surface area contributed by atoms with E-state index in [9.17, 15) is 4.79 Å². The largest absolute Gasteiger partial charge is 0.449 e. The van der Waals surface area contributed by atoms with Crippen LogP contribution in [-0.2, 0) is 4.74 Å². The highest BCUT2D eigenvalue weighted by molar-refractivity contribution is 14.1. The fourth-order valence-corrected chi connectivity index (χ4v) is 2.12. The standard InChI is InChI=1S/C10H10INO2/c11-8-4-1-2-5-9(8)12-6-3-7-14-10(12)13/h1-2,4-5H,3,6-7H2. The Hall–Kier alpha value is -0.780. The number of benzene rings is 1. The van der Waals surface area contributed by atoms with Gasteiger partial charge in [-0.25, -0.2) is 4.79 Å². The number of halogens is 1. The molecule has 0 unspecified atom stereocenters. The average molecular weight is 303 g/mol. The number of amides is 1. The Kier molecular flexibility index (Phi) is 2.90. The van der Waals surface area contributed by atoms with Crippen molar-refractivity contribution in [3.8, 4) is 0 Å². The normalized spacial score (nSPS) is 16.6. The molecule has 0 bridgehead atoms. The highest BCUT2D eigenvalue weighted by atomic mass is 127. The molecule has 0 aliphatic carbocycles. The van der Waals surface area contributed by atoms with Crippen LogP contribution in [0, 0.1) is 3.57 Å². The molecule has 1 amide bonds. The van der Waals surface area contributed by atoms with Gasteiger partial charge in [-0.1, -0.05) is 12.1 Å². The first-order valence-electron chi connectivity index (χ1n) is 4.48. The number of carbonyl (C=O) groups is 1. The van der Waals surface area contributed by atoms with Crippen molar-refractivity contribution < 1.29 is 9.53 Å². The van der Waals surface area contributed by atoms with E-state index in [4.69, 9.17) is 4.74 Å². The number of anilines is 1. The lowest BCUT2D eigenvalue weighted by Crippen LogP contribution is -2.38. The van der Waals surface area contributed by atoms with E-state index in [2.05, 4.69) is 22.6 Å². The summed E-state index contributed by atoms with van der Waals surface area (Å²) < 4.78 is 6.06. The van der Waals surface area contributed by atoms with Crippen LogP contribution in [0.15, 0.2) is 24.3 Å². The molecule has 1 heterocycles. The summed E-state index contributed by atoms with van der Waals surface area (Å²) in [6.07, 6.45) is 0.664. The predicted molar refractivity (Wildman–Crippen MR) is 62.5 cm³/mol. The monoisotopic (exact) mass is 303 g/mol. The summed E-state index contributed by atoms with van der Waals surface area (Å²) in [5.41, 5.74) is 0.942. The molecule has 14 heavy (non-hydrogen) atoms. The summed E-state index contributed by atoms with van der Waals surface area (Å²) >= 11 is 2.22. The SMILES string of the molecule is O=C1OCCCN1c1ccccc1I. The minimum atomic E-state index is -0.236. The second kappa shape index (κ2) is 4.16. The molecule has 3 nitrogen and oxygen atoms in total. The van der Waals surface area contributed by atoms with Crippen LogP contribution >= 0.6 is 22.6 Å². The Labute approximate surface area is 96.2 Å². The van der Waals surface area contributed by atoms with Gasteiger partial charge in [-0.2, -0.15) is 0 Å². The van der Waals surface area contributed by atoms with E-state index in [0.717, 1.165) is 22.2 Å². The smallest absolute Gasteiger partial charge is 0.414 e. The van der Waals surface area contributed by atoms with Crippen molar-refractivity contribution in [3.63, 3.8) is 0 Å². The zero-order chi connectivity index (χ0) is 9.97. The first-order chi connectivity index (χ1) is 6.79. The van der Waals surface area contributed by atoms with Gasteiger partial charge in [0.2, 0.25) is 0 Å². The number of ether oxygens (including phenoxy) is 1. The van der Waals surface area contributed by atoms with Gasteiger partial charge in [-0.05, 0) is 41.1 Å². The molecular formula is C10H10INO2. The molecule has 1 aromatic carbocycles. The molecule has 0 atom stereocenters. The lowest BCUT2D eigenvalue weighted by molar-refractivity contribution is 0.140. The third kappa shape index (κ3) is 1.84. The highest BCUT2D eigenvalue weighted by Crippen LogP contribution is 2.24. The first kappa shape index (κ1) is 9.76. The van der Waals surface area contributed by atoms with Crippen molar-refractivity contribution in [2.24, 2.45) is 0 Å².